The topological polar surface area (TPSA) is 49.3 Å². The smallest absolute Gasteiger partial charge is 0.251 e. The predicted molar refractivity (Wildman–Crippen MR) is 72.4 cm³/mol. The summed E-state index contributed by atoms with van der Waals surface area (Å²) in [4.78, 5) is 12.1. The fraction of sp³-hybridized carbons (Fsp3) is 0.400. The van der Waals surface area contributed by atoms with Crippen molar-refractivity contribution in [3.8, 4) is 11.8 Å². The van der Waals surface area contributed by atoms with E-state index in [0.717, 1.165) is 17.5 Å². The quantitative estimate of drug-likeness (QED) is 0.799. The first-order valence-corrected chi connectivity index (χ1v) is 6.10. The molecule has 1 amide bonds. The first kappa shape index (κ1) is 14.3. The Balaban J connectivity index is 2.99. The first-order chi connectivity index (χ1) is 8.60. The van der Waals surface area contributed by atoms with Crippen LogP contribution >= 0.6 is 0 Å². The number of hydrogen-bond acceptors (Lipinski definition) is 2. The van der Waals surface area contributed by atoms with Crippen molar-refractivity contribution in [1.82, 2.24) is 5.32 Å². The van der Waals surface area contributed by atoms with Gasteiger partial charge in [-0.25, -0.2) is 0 Å². The van der Waals surface area contributed by atoms with Gasteiger partial charge in [0.2, 0.25) is 0 Å². The number of carbonyl (C=O) groups is 1. The minimum Gasteiger partial charge on any atom is -0.384 e. The lowest BCUT2D eigenvalue weighted by Gasteiger charge is -2.13. The molecule has 0 bridgehead atoms. The van der Waals surface area contributed by atoms with Crippen LogP contribution in [-0.4, -0.2) is 23.7 Å². The lowest BCUT2D eigenvalue weighted by Crippen LogP contribution is -2.32. The maximum atomic E-state index is 12.1. The number of amides is 1. The zero-order valence-corrected chi connectivity index (χ0v) is 11.1. The van der Waals surface area contributed by atoms with Crippen molar-refractivity contribution in [2.24, 2.45) is 0 Å². The lowest BCUT2D eigenvalue weighted by molar-refractivity contribution is 0.0938. The minimum atomic E-state index is -0.178. The van der Waals surface area contributed by atoms with Gasteiger partial charge in [-0.2, -0.15) is 0 Å². The zero-order valence-electron chi connectivity index (χ0n) is 11.1. The summed E-state index contributed by atoms with van der Waals surface area (Å²) < 4.78 is 0. The van der Waals surface area contributed by atoms with Gasteiger partial charge in [-0.05, 0) is 38.0 Å². The molecule has 2 N–H and O–H groups in total. The van der Waals surface area contributed by atoms with Gasteiger partial charge in [0.15, 0.2) is 0 Å². The standard InChI is InChI=1S/C15H19NO2/c1-4-11(2)16-15(18)14-9-5-7-13(12(14)3)8-6-10-17/h5,7,9,11,17H,4,10H2,1-3H3,(H,16,18). The van der Waals surface area contributed by atoms with Crippen molar-refractivity contribution >= 4 is 5.91 Å². The Hall–Kier alpha value is -1.79. The molecule has 18 heavy (non-hydrogen) atoms. The number of rotatable bonds is 3. The van der Waals surface area contributed by atoms with Crippen LogP contribution in [0.15, 0.2) is 18.2 Å². The van der Waals surface area contributed by atoms with E-state index in [1.165, 1.54) is 0 Å². The SMILES string of the molecule is CCC(C)NC(=O)c1cccc(C#CCO)c1C. The Kier molecular flexibility index (Phi) is 5.41. The maximum Gasteiger partial charge on any atom is 0.251 e. The first-order valence-electron chi connectivity index (χ1n) is 6.10. The van der Waals surface area contributed by atoms with Crippen molar-refractivity contribution in [2.45, 2.75) is 33.2 Å². The molecule has 96 valence electrons. The second kappa shape index (κ2) is 6.83. The molecule has 0 aliphatic heterocycles. The van der Waals surface area contributed by atoms with E-state index < -0.39 is 0 Å². The number of carbonyl (C=O) groups excluding carboxylic acids is 1. The van der Waals surface area contributed by atoms with E-state index in [0.29, 0.717) is 5.56 Å². The Morgan fingerprint density at radius 3 is 2.83 bits per heavy atom. The van der Waals surface area contributed by atoms with Gasteiger partial charge in [0.25, 0.3) is 5.91 Å². The maximum absolute atomic E-state index is 12.1. The van der Waals surface area contributed by atoms with Crippen molar-refractivity contribution in [1.29, 1.82) is 0 Å². The third-order valence-electron chi connectivity index (χ3n) is 2.87. The van der Waals surface area contributed by atoms with Crippen molar-refractivity contribution < 1.29 is 9.90 Å². The summed E-state index contributed by atoms with van der Waals surface area (Å²) in [6.45, 7) is 5.69. The number of aliphatic hydroxyl groups is 1. The van der Waals surface area contributed by atoms with E-state index in [9.17, 15) is 4.79 Å². The van der Waals surface area contributed by atoms with Crippen LogP contribution in [0.3, 0.4) is 0 Å². The van der Waals surface area contributed by atoms with Gasteiger partial charge in [0, 0.05) is 17.2 Å². The summed E-state index contributed by atoms with van der Waals surface area (Å²) in [6, 6.07) is 5.60. The monoisotopic (exact) mass is 245 g/mol. The largest absolute Gasteiger partial charge is 0.384 e. The van der Waals surface area contributed by atoms with Crippen LogP contribution in [0.2, 0.25) is 0 Å². The summed E-state index contributed by atoms with van der Waals surface area (Å²) in [5.41, 5.74) is 2.26. The Morgan fingerprint density at radius 1 is 1.50 bits per heavy atom. The molecule has 1 aromatic rings. The Morgan fingerprint density at radius 2 is 2.22 bits per heavy atom. The summed E-state index contributed by atoms with van der Waals surface area (Å²) in [7, 11) is 0. The molecule has 0 aromatic heterocycles. The highest BCUT2D eigenvalue weighted by Gasteiger charge is 2.12. The summed E-state index contributed by atoms with van der Waals surface area (Å²) in [6.07, 6.45) is 0.898. The number of nitrogens with one attached hydrogen (secondary N) is 1. The third kappa shape index (κ3) is 3.61. The Bertz CT molecular complexity index is 483. The van der Waals surface area contributed by atoms with Gasteiger partial charge in [-0.15, -0.1) is 0 Å². The molecule has 0 aliphatic carbocycles. The lowest BCUT2D eigenvalue weighted by atomic mass is 10.0. The molecule has 1 atom stereocenters. The Labute approximate surface area is 108 Å². The van der Waals surface area contributed by atoms with Gasteiger partial charge in [-0.1, -0.05) is 24.8 Å². The van der Waals surface area contributed by atoms with Crippen LogP contribution in [0.25, 0.3) is 0 Å². The summed E-state index contributed by atoms with van der Waals surface area (Å²) in [5.74, 6) is 5.37. The highest BCUT2D eigenvalue weighted by molar-refractivity contribution is 5.96. The number of aliphatic hydroxyl groups excluding tert-OH is 1. The van der Waals surface area contributed by atoms with E-state index in [-0.39, 0.29) is 18.6 Å². The summed E-state index contributed by atoms with van der Waals surface area (Å²) in [5, 5.41) is 11.6. The third-order valence-corrected chi connectivity index (χ3v) is 2.87. The molecule has 3 nitrogen and oxygen atoms in total. The van der Waals surface area contributed by atoms with Crippen molar-refractivity contribution in [2.75, 3.05) is 6.61 Å². The normalized spacial score (nSPS) is 11.3. The number of hydrogen-bond donors (Lipinski definition) is 2. The average Bonchev–Trinajstić information content (AvgIpc) is 2.37. The van der Waals surface area contributed by atoms with Crippen LogP contribution in [-0.2, 0) is 0 Å². The molecule has 3 heteroatoms. The van der Waals surface area contributed by atoms with Crippen LogP contribution in [0, 0.1) is 18.8 Å². The highest BCUT2D eigenvalue weighted by atomic mass is 16.2. The number of benzene rings is 1. The highest BCUT2D eigenvalue weighted by Crippen LogP contribution is 2.13. The molecule has 0 spiro atoms. The van der Waals surface area contributed by atoms with Gasteiger partial charge < -0.3 is 10.4 Å². The van der Waals surface area contributed by atoms with Gasteiger partial charge in [0.1, 0.15) is 6.61 Å². The van der Waals surface area contributed by atoms with Crippen molar-refractivity contribution in [3.05, 3.63) is 34.9 Å². The molecule has 1 unspecified atom stereocenters. The zero-order chi connectivity index (χ0) is 13.5. The molecule has 0 heterocycles. The van der Waals surface area contributed by atoms with Crippen LogP contribution in [0.1, 0.15) is 41.8 Å². The van der Waals surface area contributed by atoms with E-state index in [4.69, 9.17) is 5.11 Å². The van der Waals surface area contributed by atoms with E-state index in [1.807, 2.05) is 26.8 Å². The van der Waals surface area contributed by atoms with Gasteiger partial charge in [0.05, 0.1) is 0 Å². The van der Waals surface area contributed by atoms with Crippen LogP contribution < -0.4 is 5.32 Å². The molecule has 0 saturated heterocycles. The minimum absolute atomic E-state index is 0.0745. The molecule has 0 fully saturated rings. The molecule has 0 aliphatic rings. The fourth-order valence-corrected chi connectivity index (χ4v) is 1.56. The van der Waals surface area contributed by atoms with Gasteiger partial charge in [-0.3, -0.25) is 4.79 Å². The van der Waals surface area contributed by atoms with E-state index >= 15 is 0 Å². The molecular formula is C15H19NO2. The van der Waals surface area contributed by atoms with Gasteiger partial charge >= 0.3 is 0 Å². The van der Waals surface area contributed by atoms with E-state index in [2.05, 4.69) is 17.2 Å². The molecule has 1 aromatic carbocycles. The fourth-order valence-electron chi connectivity index (χ4n) is 1.56. The molecule has 0 radical (unpaired) electrons. The van der Waals surface area contributed by atoms with Crippen LogP contribution in [0.4, 0.5) is 0 Å². The van der Waals surface area contributed by atoms with Crippen LogP contribution in [0.5, 0.6) is 0 Å². The molecule has 1 rings (SSSR count). The second-order valence-electron chi connectivity index (χ2n) is 4.22. The summed E-state index contributed by atoms with van der Waals surface area (Å²) >= 11 is 0. The van der Waals surface area contributed by atoms with E-state index in [1.54, 1.807) is 12.1 Å². The second-order valence-corrected chi connectivity index (χ2v) is 4.22. The van der Waals surface area contributed by atoms with Crippen molar-refractivity contribution in [3.63, 3.8) is 0 Å². The molecule has 0 saturated carbocycles. The predicted octanol–water partition coefficient (Wildman–Crippen LogP) is 1.87. The average molecular weight is 245 g/mol. The molecular weight excluding hydrogens is 226 g/mol.